The number of carbonyl (C=O) groups excluding carboxylic acids is 1. The van der Waals surface area contributed by atoms with Gasteiger partial charge in [0.05, 0.1) is 11.8 Å². The Hall–Kier alpha value is -2.85. The highest BCUT2D eigenvalue weighted by atomic mass is 19.4. The summed E-state index contributed by atoms with van der Waals surface area (Å²) < 4.78 is 41.3. The standard InChI is InChI=1S/C17H20F3N5O3/c1-10(25-9-12(8-22-25)16(27)28)15(26)21-5-2-6-24-13(11-3-4-11)7-14(23-24)17(18,19)20/h7-11H,2-6H2,1H3,(H,21,26)(H,27,28). The number of rotatable bonds is 8. The molecule has 1 aliphatic carbocycles. The molecule has 152 valence electrons. The van der Waals surface area contributed by atoms with Crippen LogP contribution in [0.3, 0.4) is 0 Å². The van der Waals surface area contributed by atoms with E-state index in [0.717, 1.165) is 25.1 Å². The Labute approximate surface area is 158 Å². The topological polar surface area (TPSA) is 102 Å². The monoisotopic (exact) mass is 399 g/mol. The third kappa shape index (κ3) is 4.52. The fourth-order valence-corrected chi connectivity index (χ4v) is 2.83. The van der Waals surface area contributed by atoms with Gasteiger partial charge in [0.1, 0.15) is 6.04 Å². The van der Waals surface area contributed by atoms with E-state index in [1.54, 1.807) is 6.92 Å². The Morgan fingerprint density at radius 1 is 1.39 bits per heavy atom. The average molecular weight is 399 g/mol. The molecular weight excluding hydrogens is 379 g/mol. The molecule has 2 aromatic rings. The summed E-state index contributed by atoms with van der Waals surface area (Å²) in [5.41, 5.74) is -0.323. The van der Waals surface area contributed by atoms with E-state index in [4.69, 9.17) is 5.11 Å². The maximum atomic E-state index is 12.9. The summed E-state index contributed by atoms with van der Waals surface area (Å²) in [7, 11) is 0. The second-order valence-electron chi connectivity index (χ2n) is 6.78. The number of nitrogens with zero attached hydrogens (tertiary/aromatic N) is 4. The number of aryl methyl sites for hydroxylation is 1. The van der Waals surface area contributed by atoms with E-state index in [9.17, 15) is 22.8 Å². The van der Waals surface area contributed by atoms with Gasteiger partial charge >= 0.3 is 12.1 Å². The van der Waals surface area contributed by atoms with Crippen molar-refractivity contribution in [2.45, 2.75) is 50.9 Å². The fourth-order valence-electron chi connectivity index (χ4n) is 2.83. The second kappa shape index (κ2) is 7.64. The van der Waals surface area contributed by atoms with Gasteiger partial charge in [0.2, 0.25) is 5.91 Å². The van der Waals surface area contributed by atoms with Gasteiger partial charge in [-0.1, -0.05) is 0 Å². The van der Waals surface area contributed by atoms with Crippen LogP contribution < -0.4 is 5.32 Å². The maximum absolute atomic E-state index is 12.9. The van der Waals surface area contributed by atoms with Gasteiger partial charge in [-0.25, -0.2) is 4.79 Å². The zero-order chi connectivity index (χ0) is 20.5. The summed E-state index contributed by atoms with van der Waals surface area (Å²) in [6, 6.07) is 0.396. The molecule has 0 aliphatic heterocycles. The fraction of sp³-hybridized carbons (Fsp3) is 0.529. The molecule has 1 saturated carbocycles. The molecule has 0 aromatic carbocycles. The van der Waals surface area contributed by atoms with Crippen LogP contribution in [0.25, 0.3) is 0 Å². The van der Waals surface area contributed by atoms with Crippen LogP contribution in [0.2, 0.25) is 0 Å². The third-order valence-electron chi connectivity index (χ3n) is 4.57. The molecule has 2 aromatic heterocycles. The Bertz CT molecular complexity index is 870. The van der Waals surface area contributed by atoms with Crippen LogP contribution in [0.15, 0.2) is 18.5 Å². The molecule has 0 bridgehead atoms. The van der Waals surface area contributed by atoms with E-state index < -0.39 is 23.9 Å². The molecule has 8 nitrogen and oxygen atoms in total. The van der Waals surface area contributed by atoms with E-state index in [1.807, 2.05) is 0 Å². The highest BCUT2D eigenvalue weighted by molar-refractivity contribution is 5.87. The quantitative estimate of drug-likeness (QED) is 0.664. The summed E-state index contributed by atoms with van der Waals surface area (Å²) in [4.78, 5) is 23.0. The molecule has 0 spiro atoms. The normalized spacial score (nSPS) is 15.4. The molecule has 1 amide bonds. The maximum Gasteiger partial charge on any atom is 0.435 e. The highest BCUT2D eigenvalue weighted by Crippen LogP contribution is 2.42. The van der Waals surface area contributed by atoms with Gasteiger partial charge in [-0.3, -0.25) is 14.2 Å². The Kier molecular flexibility index (Phi) is 5.43. The molecule has 1 aliphatic rings. The molecule has 1 unspecified atom stereocenters. The van der Waals surface area contributed by atoms with Crippen molar-refractivity contribution in [3.05, 3.63) is 35.4 Å². The lowest BCUT2D eigenvalue weighted by molar-refractivity contribution is -0.141. The predicted molar refractivity (Wildman–Crippen MR) is 90.7 cm³/mol. The number of hydrogen-bond donors (Lipinski definition) is 2. The van der Waals surface area contributed by atoms with Crippen LogP contribution in [0.5, 0.6) is 0 Å². The number of alkyl halides is 3. The van der Waals surface area contributed by atoms with Crippen molar-refractivity contribution >= 4 is 11.9 Å². The summed E-state index contributed by atoms with van der Waals surface area (Å²) in [5.74, 6) is -1.37. The zero-order valence-corrected chi connectivity index (χ0v) is 15.1. The number of aromatic carboxylic acids is 1. The van der Waals surface area contributed by atoms with Crippen LogP contribution in [0.1, 0.15) is 59.9 Å². The van der Waals surface area contributed by atoms with E-state index in [2.05, 4.69) is 15.5 Å². The number of carbonyl (C=O) groups is 2. The van der Waals surface area contributed by atoms with Crippen LogP contribution >= 0.6 is 0 Å². The number of nitrogens with one attached hydrogen (secondary N) is 1. The van der Waals surface area contributed by atoms with Crippen LogP contribution in [0.4, 0.5) is 13.2 Å². The van der Waals surface area contributed by atoms with Crippen molar-refractivity contribution < 1.29 is 27.9 Å². The summed E-state index contributed by atoms with van der Waals surface area (Å²) in [6.45, 7) is 2.09. The minimum atomic E-state index is -4.48. The van der Waals surface area contributed by atoms with Gasteiger partial charge in [-0.15, -0.1) is 0 Å². The summed E-state index contributed by atoms with van der Waals surface area (Å²) in [6.07, 6.45) is 0.0744. The molecule has 0 saturated heterocycles. The minimum Gasteiger partial charge on any atom is -0.478 e. The molecular formula is C17H20F3N5O3. The molecule has 11 heteroatoms. The molecule has 28 heavy (non-hydrogen) atoms. The largest absolute Gasteiger partial charge is 0.478 e. The van der Waals surface area contributed by atoms with Gasteiger partial charge in [0.25, 0.3) is 0 Å². The number of halogens is 3. The molecule has 2 N–H and O–H groups in total. The number of carboxylic acids is 1. The smallest absolute Gasteiger partial charge is 0.435 e. The minimum absolute atomic E-state index is 0.0218. The van der Waals surface area contributed by atoms with Gasteiger partial charge < -0.3 is 10.4 Å². The number of carboxylic acid groups (broad SMARTS) is 1. The molecule has 2 heterocycles. The van der Waals surface area contributed by atoms with Gasteiger partial charge in [-0.2, -0.15) is 23.4 Å². The van der Waals surface area contributed by atoms with Crippen molar-refractivity contribution in [3.8, 4) is 0 Å². The van der Waals surface area contributed by atoms with Gasteiger partial charge in [-0.05, 0) is 32.3 Å². The first-order valence-corrected chi connectivity index (χ1v) is 8.87. The highest BCUT2D eigenvalue weighted by Gasteiger charge is 2.37. The lowest BCUT2D eigenvalue weighted by atomic mass is 10.2. The average Bonchev–Trinajstić information content (AvgIpc) is 3.18. The van der Waals surface area contributed by atoms with Gasteiger partial charge in [0, 0.05) is 30.9 Å². The van der Waals surface area contributed by atoms with Crippen LogP contribution in [-0.4, -0.2) is 43.1 Å². The molecule has 1 atom stereocenters. The Balaban J connectivity index is 1.52. The lowest BCUT2D eigenvalue weighted by Crippen LogP contribution is -2.32. The lowest BCUT2D eigenvalue weighted by Gasteiger charge is -2.13. The van der Waals surface area contributed by atoms with E-state index in [1.165, 1.54) is 15.6 Å². The first kappa shape index (κ1) is 19.9. The van der Waals surface area contributed by atoms with Crippen molar-refractivity contribution in [1.29, 1.82) is 0 Å². The van der Waals surface area contributed by atoms with Crippen molar-refractivity contribution in [1.82, 2.24) is 24.9 Å². The number of amides is 1. The SMILES string of the molecule is CC(C(=O)NCCCn1nc(C(F)(F)F)cc1C1CC1)n1cc(C(=O)O)cn1. The Morgan fingerprint density at radius 2 is 2.11 bits per heavy atom. The zero-order valence-electron chi connectivity index (χ0n) is 15.1. The number of aromatic nitrogens is 4. The van der Waals surface area contributed by atoms with Gasteiger partial charge in [0.15, 0.2) is 5.69 Å². The van der Waals surface area contributed by atoms with Crippen LogP contribution in [0, 0.1) is 0 Å². The van der Waals surface area contributed by atoms with Crippen molar-refractivity contribution in [2.75, 3.05) is 6.54 Å². The third-order valence-corrected chi connectivity index (χ3v) is 4.57. The first-order chi connectivity index (χ1) is 13.2. The first-order valence-electron chi connectivity index (χ1n) is 8.87. The molecule has 0 radical (unpaired) electrons. The van der Waals surface area contributed by atoms with E-state index in [0.29, 0.717) is 12.1 Å². The predicted octanol–water partition coefficient (Wildman–Crippen LogP) is 2.44. The van der Waals surface area contributed by atoms with E-state index >= 15 is 0 Å². The van der Waals surface area contributed by atoms with E-state index in [-0.39, 0.29) is 30.5 Å². The van der Waals surface area contributed by atoms with Crippen molar-refractivity contribution in [2.24, 2.45) is 0 Å². The Morgan fingerprint density at radius 3 is 2.68 bits per heavy atom. The van der Waals surface area contributed by atoms with Crippen LogP contribution in [-0.2, 0) is 17.5 Å². The summed E-state index contributed by atoms with van der Waals surface area (Å²) in [5, 5.41) is 19.1. The number of hydrogen-bond acceptors (Lipinski definition) is 4. The second-order valence-corrected chi connectivity index (χ2v) is 6.78. The van der Waals surface area contributed by atoms with Crippen molar-refractivity contribution in [3.63, 3.8) is 0 Å². The molecule has 1 fully saturated rings. The summed E-state index contributed by atoms with van der Waals surface area (Å²) >= 11 is 0. The molecule has 3 rings (SSSR count).